The third-order valence-corrected chi connectivity index (χ3v) is 25.2. The van der Waals surface area contributed by atoms with Gasteiger partial charge in [-0.2, -0.15) is 0 Å². The summed E-state index contributed by atoms with van der Waals surface area (Å²) in [5, 5.41) is 106. The molecule has 0 unspecified atom stereocenters. The number of hydrogen-bond donors (Lipinski definition) is 18. The van der Waals surface area contributed by atoms with Gasteiger partial charge < -0.3 is 98.8 Å². The molecule has 3 fully saturated rings. The Morgan fingerprint density at radius 3 is 1.19 bits per heavy atom. The van der Waals surface area contributed by atoms with E-state index in [1.807, 2.05) is 84.9 Å². The van der Waals surface area contributed by atoms with E-state index in [9.17, 15) is 127 Å². The van der Waals surface area contributed by atoms with E-state index in [2.05, 4.69) is 53.2 Å². The summed E-state index contributed by atoms with van der Waals surface area (Å²) in [4.78, 5) is 263. The molecular formula is C97H128N14O29. The Labute approximate surface area is 807 Å². The molecule has 5 aromatic carbocycles. The van der Waals surface area contributed by atoms with E-state index in [4.69, 9.17) is 14.9 Å². The Morgan fingerprint density at radius 1 is 0.371 bits per heavy atom. The topological polar surface area (TPSA) is 646 Å². The molecule has 8 rings (SSSR count). The summed E-state index contributed by atoms with van der Waals surface area (Å²) in [6.45, 7) is 0.890. The van der Waals surface area contributed by atoms with E-state index in [1.54, 1.807) is 19.6 Å². The molecule has 10 amide bonds. The molecule has 2 aliphatic carbocycles. The lowest BCUT2D eigenvalue weighted by atomic mass is 9.77. The van der Waals surface area contributed by atoms with Crippen molar-refractivity contribution in [1.29, 1.82) is 0 Å². The van der Waals surface area contributed by atoms with Crippen LogP contribution in [0.25, 0.3) is 21.5 Å². The lowest BCUT2D eigenvalue weighted by Crippen LogP contribution is -2.51. The highest BCUT2D eigenvalue weighted by molar-refractivity contribution is 6.06. The van der Waals surface area contributed by atoms with Crippen molar-refractivity contribution in [2.45, 2.75) is 191 Å². The first-order valence-corrected chi connectivity index (χ1v) is 47.2. The zero-order valence-electron chi connectivity index (χ0n) is 78.1. The van der Waals surface area contributed by atoms with E-state index in [-0.39, 0.29) is 229 Å². The molecule has 140 heavy (non-hydrogen) atoms. The van der Waals surface area contributed by atoms with Gasteiger partial charge in [0.25, 0.3) is 6.47 Å². The van der Waals surface area contributed by atoms with Gasteiger partial charge in [0.05, 0.1) is 19.6 Å². The van der Waals surface area contributed by atoms with Crippen molar-refractivity contribution in [2.75, 3.05) is 110 Å². The summed E-state index contributed by atoms with van der Waals surface area (Å²) in [6, 6.07) is 21.3. The molecule has 43 nitrogen and oxygen atoms in total. The van der Waals surface area contributed by atoms with Gasteiger partial charge in [-0.15, -0.1) is 0 Å². The van der Waals surface area contributed by atoms with Gasteiger partial charge in [0, 0.05) is 164 Å². The Kier molecular flexibility index (Phi) is 46.2. The van der Waals surface area contributed by atoms with Crippen LogP contribution in [0, 0.1) is 29.6 Å². The molecule has 2 saturated carbocycles. The predicted molar refractivity (Wildman–Crippen MR) is 504 cm³/mol. The second kappa shape index (κ2) is 58.1. The molecule has 0 aromatic heterocycles. The molecule has 18 N–H and O–H groups in total. The molecule has 0 bridgehead atoms. The molecule has 43 heteroatoms. The zero-order valence-corrected chi connectivity index (χ0v) is 78.1. The molecule has 6 atom stereocenters. The van der Waals surface area contributed by atoms with Crippen LogP contribution in [0.5, 0.6) is 0 Å². The third-order valence-electron chi connectivity index (χ3n) is 25.2. The smallest absolute Gasteiger partial charge is 0.326 e. The van der Waals surface area contributed by atoms with E-state index in [1.165, 1.54) is 18.2 Å². The number of hydrogen-bond acceptors (Lipinski definition) is 25. The number of fused-ring (bicyclic) bond motifs is 2. The number of benzene rings is 5. The Hall–Kier alpha value is -13.9. The monoisotopic (exact) mass is 1950 g/mol. The number of Topliss-reactive ketones (excluding diaryl/α,β-unsaturated/α-hetero) is 3. The number of nitrogens with zero attached hydrogens (tertiary/aromatic N) is 4. The van der Waals surface area contributed by atoms with Gasteiger partial charge in [0.2, 0.25) is 35.4 Å². The first-order valence-electron chi connectivity index (χ1n) is 47.2. The summed E-state index contributed by atoms with van der Waals surface area (Å²) in [6.07, 6.45) is 1.24. The molecular weight excluding hydrogens is 1830 g/mol. The quantitative estimate of drug-likeness (QED) is 0.0145. The molecule has 5 aromatic rings. The number of carboxylic acid groups (broad SMARTS) is 8. The number of unbranched alkanes of at least 4 members (excludes halogenated alkanes) is 2. The number of anilines is 1. The van der Waals surface area contributed by atoms with Crippen LogP contribution in [0.1, 0.15) is 180 Å². The Bertz CT molecular complexity index is 4910. The van der Waals surface area contributed by atoms with Crippen LogP contribution in [0.15, 0.2) is 103 Å². The van der Waals surface area contributed by atoms with Crippen molar-refractivity contribution in [3.8, 4) is 0 Å². The highest BCUT2D eigenvalue weighted by Crippen LogP contribution is 2.33. The normalized spacial score (nSPS) is 17.5. The van der Waals surface area contributed by atoms with E-state index in [0.29, 0.717) is 51.4 Å². The molecule has 0 radical (unpaired) electrons. The summed E-state index contributed by atoms with van der Waals surface area (Å²) in [7, 11) is 0. The van der Waals surface area contributed by atoms with Crippen LogP contribution in [0.4, 0.5) is 15.3 Å². The number of rotatable bonds is 57. The summed E-state index contributed by atoms with van der Waals surface area (Å²) >= 11 is 0. The number of urea groups is 2. The molecule has 1 heterocycles. The Balaban J connectivity index is 0.864. The maximum Gasteiger partial charge on any atom is 0.326 e. The van der Waals surface area contributed by atoms with Crippen LogP contribution >= 0.6 is 0 Å². The van der Waals surface area contributed by atoms with E-state index in [0.717, 1.165) is 32.7 Å². The fourth-order valence-electron chi connectivity index (χ4n) is 17.2. The number of nitrogens with one attached hydrogen (secondary N) is 10. The highest BCUT2D eigenvalue weighted by atomic mass is 16.5. The van der Waals surface area contributed by atoms with Crippen LogP contribution < -0.4 is 53.2 Å². The summed E-state index contributed by atoms with van der Waals surface area (Å²) in [5.41, 5.74) is 1.44. The average molecular weight is 1950 g/mol. The number of carbonyl (C=O) groups excluding carboxylic acids is 12. The Morgan fingerprint density at radius 2 is 0.771 bits per heavy atom. The second-order valence-corrected chi connectivity index (χ2v) is 35.8. The van der Waals surface area contributed by atoms with Crippen molar-refractivity contribution in [1.82, 2.24) is 67.5 Å². The van der Waals surface area contributed by atoms with Crippen LogP contribution in [-0.2, 0) is 94.3 Å². The minimum Gasteiger partial charge on any atom is -0.481 e. The van der Waals surface area contributed by atoms with E-state index < -0.39 is 181 Å². The third kappa shape index (κ3) is 40.2. The number of ketones is 3. The maximum atomic E-state index is 14.4. The van der Waals surface area contributed by atoms with Gasteiger partial charge in [-0.25, -0.2) is 28.8 Å². The molecule has 3 aliphatic rings. The minimum atomic E-state index is -1.60. The van der Waals surface area contributed by atoms with Gasteiger partial charge in [-0.3, -0.25) is 86.7 Å². The number of amides is 10. The predicted octanol–water partition coefficient (Wildman–Crippen LogP) is 4.48. The van der Waals surface area contributed by atoms with Crippen molar-refractivity contribution < 1.29 is 141 Å². The summed E-state index contributed by atoms with van der Waals surface area (Å²) < 4.78 is 5.07. The summed E-state index contributed by atoms with van der Waals surface area (Å²) in [5.74, 6) is -16.8. The molecule has 1 aliphatic heterocycles. The van der Waals surface area contributed by atoms with Crippen molar-refractivity contribution in [3.05, 3.63) is 125 Å². The zero-order chi connectivity index (χ0) is 102. The highest BCUT2D eigenvalue weighted by Gasteiger charge is 2.35. The second-order valence-electron chi connectivity index (χ2n) is 35.8. The van der Waals surface area contributed by atoms with Gasteiger partial charge in [-0.05, 0) is 172 Å². The SMILES string of the molecule is O=COCN1CCN(CC(=O)O)CCN(CC(=O)O)CCN(CC(=O)Nc2cc(C(=O)CCC(=O)NCC3CCC(C(=O)C[C@@H](Cc4ccc5ccccc5c4)C(=O)NCCCC[C@H](NC(=O)N[C@@H](CCC(=O)O)C(=O)O)C(=O)O)CC3)cc(C(=O)CCC(=O)NCC3CCC(C(=O)N[C@@H](Cc4ccc5ccccc5c4)C(=O)NCCCC[C@H](NC(=O)N[C@@H](CCC(=O)O)C(=O)O)C(=O)O)CC3)c2)CC1. The number of aliphatic carboxylic acids is 8. The average Bonchev–Trinajstić information content (AvgIpc) is 0.833. The van der Waals surface area contributed by atoms with Crippen LogP contribution in [0.2, 0.25) is 0 Å². The van der Waals surface area contributed by atoms with Crippen molar-refractivity contribution in [3.63, 3.8) is 0 Å². The van der Waals surface area contributed by atoms with Crippen molar-refractivity contribution >= 4 is 146 Å². The van der Waals surface area contributed by atoms with Gasteiger partial charge >= 0.3 is 59.8 Å². The van der Waals surface area contributed by atoms with Crippen molar-refractivity contribution in [2.24, 2.45) is 29.6 Å². The van der Waals surface area contributed by atoms with Crippen LogP contribution in [-0.4, -0.2) is 315 Å². The first-order chi connectivity index (χ1) is 66.9. The minimum absolute atomic E-state index is 0.00640. The fraction of sp³-hybridized carbons (Fsp3) is 0.526. The molecule has 0 spiro atoms. The number of carbonyl (C=O) groups is 20. The number of ether oxygens (including phenoxy) is 1. The van der Waals surface area contributed by atoms with Crippen LogP contribution in [0.3, 0.4) is 0 Å². The maximum absolute atomic E-state index is 14.4. The fourth-order valence-corrected chi connectivity index (χ4v) is 17.2. The molecule has 1 saturated heterocycles. The lowest BCUT2D eigenvalue weighted by Gasteiger charge is -2.32. The van der Waals surface area contributed by atoms with E-state index >= 15 is 0 Å². The standard InChI is InChI=1S/C97H128N14O29/c112-59-140-58-111-43-41-108(37-38-109(56-87(123)124)39-40-110(42-44-111)57-88(125)126)55-84(118)102-73-50-70(79(113)29-31-82(116)100-53-60-15-23-66(24-16-60)81(115)52-72(47-62-19-21-64-9-1-3-11-68(64)45-62)89(127)98-35-7-5-13-74(92(130)131)104-96(138)106-76(94(134)135)27-33-85(119)120)49-71(51-73)80(114)30-32-83(117)101-54-61-17-25-67(26-18-61)90(128)103-78(48-63-20-22-65-10-2-4-12-69(65)46-63)91(129)99-36-8-6-14-75(93(132)133)105-97(139)107-77(95(136)137)28-34-86(121)122/h1-4,9-12,19-22,45-46,49-51,59-61,66-67,72,74-78H,5-8,13-18,23-44,47-48,52-58H2,(H,98,127)(H,99,129)(H,100,116)(H,101,117)(H,102,118)(H,103,128)(H,119,120)(H,121,122)(H,123,124)(H,125,126)(H,130,131)(H,132,133)(H,134,135)(H,136,137)(H2,104,106,138)(H2,105,107,139)/t60?,61?,66?,67?,72-,74+,75+,76+,77+,78+/m1/s1. The number of carboxylic acids is 8. The van der Waals surface area contributed by atoms with Gasteiger partial charge in [-0.1, -0.05) is 84.9 Å². The first kappa shape index (κ1) is 111. The largest absolute Gasteiger partial charge is 0.481 e. The van der Waals surface area contributed by atoms with Gasteiger partial charge in [0.1, 0.15) is 42.7 Å². The lowest BCUT2D eigenvalue weighted by molar-refractivity contribution is -0.142. The molecule has 760 valence electrons. The van der Waals surface area contributed by atoms with Gasteiger partial charge in [0.15, 0.2) is 11.6 Å².